The normalized spacial score (nSPS) is 11.0. The van der Waals surface area contributed by atoms with Gasteiger partial charge in [0.15, 0.2) is 6.61 Å². The molecular formula is C21H20ClFN4O2. The van der Waals surface area contributed by atoms with Crippen LogP contribution in [0.1, 0.15) is 22.4 Å². The fourth-order valence-corrected chi connectivity index (χ4v) is 2.92. The maximum atomic E-state index is 13.0. The molecule has 0 saturated carbocycles. The van der Waals surface area contributed by atoms with Gasteiger partial charge in [-0.05, 0) is 49.2 Å². The van der Waals surface area contributed by atoms with E-state index in [2.05, 4.69) is 15.6 Å². The summed E-state index contributed by atoms with van der Waals surface area (Å²) >= 11 is 6.38. The third kappa shape index (κ3) is 5.65. The Morgan fingerprint density at radius 3 is 2.76 bits per heavy atom. The Kier molecular flexibility index (Phi) is 6.61. The molecule has 0 spiro atoms. The highest BCUT2D eigenvalue weighted by Crippen LogP contribution is 2.19. The number of carbonyl (C=O) groups is 1. The van der Waals surface area contributed by atoms with E-state index in [0.717, 1.165) is 11.1 Å². The molecule has 0 aliphatic rings. The molecule has 150 valence electrons. The van der Waals surface area contributed by atoms with Crippen LogP contribution in [0.4, 0.5) is 4.39 Å². The number of hydrogen-bond donors (Lipinski definition) is 1. The molecule has 0 bridgehead atoms. The Hall–Kier alpha value is -3.19. The summed E-state index contributed by atoms with van der Waals surface area (Å²) in [6.07, 6.45) is 1.44. The minimum Gasteiger partial charge on any atom is -0.484 e. The van der Waals surface area contributed by atoms with Crippen molar-refractivity contribution in [2.75, 3.05) is 6.61 Å². The van der Waals surface area contributed by atoms with Crippen molar-refractivity contribution in [1.29, 1.82) is 0 Å². The van der Waals surface area contributed by atoms with E-state index in [9.17, 15) is 9.18 Å². The standard InChI is InChI=1S/C21H20ClFN4O2/c1-14-4-3-5-18(10-14)29-13-20(28)25-24-11-19-15(2)26-27(21(19)22)12-16-6-8-17(23)9-7-16/h3-11H,12-13H2,1-2H3,(H,25,28)/b24-11+. The molecule has 0 aliphatic carbocycles. The highest BCUT2D eigenvalue weighted by atomic mass is 35.5. The number of nitrogens with zero attached hydrogens (tertiary/aromatic N) is 3. The molecule has 1 amide bonds. The average Bonchev–Trinajstić information content (AvgIpc) is 2.95. The summed E-state index contributed by atoms with van der Waals surface area (Å²) in [7, 11) is 0. The zero-order valence-corrected chi connectivity index (χ0v) is 16.8. The van der Waals surface area contributed by atoms with Crippen molar-refractivity contribution in [2.24, 2.45) is 5.10 Å². The van der Waals surface area contributed by atoms with E-state index in [1.807, 2.05) is 25.1 Å². The molecule has 0 atom stereocenters. The quantitative estimate of drug-likeness (QED) is 0.471. The Balaban J connectivity index is 1.58. The molecule has 0 unspecified atom stereocenters. The second-order valence-electron chi connectivity index (χ2n) is 6.47. The summed E-state index contributed by atoms with van der Waals surface area (Å²) in [5.41, 5.74) is 5.56. The minimum absolute atomic E-state index is 0.155. The van der Waals surface area contributed by atoms with Crippen molar-refractivity contribution in [3.05, 3.63) is 81.9 Å². The molecule has 0 radical (unpaired) electrons. The van der Waals surface area contributed by atoms with Gasteiger partial charge < -0.3 is 4.74 Å². The Labute approximate surface area is 173 Å². The number of hydrazone groups is 1. The van der Waals surface area contributed by atoms with Gasteiger partial charge in [-0.3, -0.25) is 4.79 Å². The van der Waals surface area contributed by atoms with Gasteiger partial charge in [-0.2, -0.15) is 10.2 Å². The molecule has 1 aromatic heterocycles. The van der Waals surface area contributed by atoms with Crippen LogP contribution in [0.5, 0.6) is 5.75 Å². The van der Waals surface area contributed by atoms with Crippen LogP contribution >= 0.6 is 11.6 Å². The van der Waals surface area contributed by atoms with Gasteiger partial charge >= 0.3 is 0 Å². The summed E-state index contributed by atoms with van der Waals surface area (Å²) < 4.78 is 20.1. The van der Waals surface area contributed by atoms with E-state index in [1.165, 1.54) is 18.3 Å². The molecular weight excluding hydrogens is 395 g/mol. The number of nitrogens with one attached hydrogen (secondary N) is 1. The molecule has 29 heavy (non-hydrogen) atoms. The topological polar surface area (TPSA) is 68.5 Å². The summed E-state index contributed by atoms with van der Waals surface area (Å²) in [5.74, 6) is -0.0771. The maximum Gasteiger partial charge on any atom is 0.277 e. The van der Waals surface area contributed by atoms with Crippen LogP contribution in [0.25, 0.3) is 0 Å². The van der Waals surface area contributed by atoms with E-state index < -0.39 is 5.91 Å². The molecule has 1 N–H and O–H groups in total. The Bertz CT molecular complexity index is 1030. The van der Waals surface area contributed by atoms with Crippen LogP contribution in [0.15, 0.2) is 53.6 Å². The molecule has 3 aromatic rings. The SMILES string of the molecule is Cc1cccc(OCC(=O)N/N=C/c2c(C)nn(Cc3ccc(F)cc3)c2Cl)c1. The number of hydrogen-bond acceptors (Lipinski definition) is 4. The van der Waals surface area contributed by atoms with Crippen LogP contribution < -0.4 is 10.2 Å². The molecule has 6 nitrogen and oxygen atoms in total. The van der Waals surface area contributed by atoms with Gasteiger partial charge in [0.05, 0.1) is 24.0 Å². The predicted octanol–water partition coefficient (Wildman–Crippen LogP) is 3.87. The van der Waals surface area contributed by atoms with Crippen molar-refractivity contribution in [2.45, 2.75) is 20.4 Å². The largest absolute Gasteiger partial charge is 0.484 e. The lowest BCUT2D eigenvalue weighted by Crippen LogP contribution is -2.24. The maximum absolute atomic E-state index is 13.0. The van der Waals surface area contributed by atoms with Crippen molar-refractivity contribution >= 4 is 23.7 Å². The fourth-order valence-electron chi connectivity index (χ4n) is 2.64. The van der Waals surface area contributed by atoms with Crippen LogP contribution in [-0.4, -0.2) is 28.5 Å². The number of benzene rings is 2. The number of carbonyl (C=O) groups excluding carboxylic acids is 1. The summed E-state index contributed by atoms with van der Waals surface area (Å²) in [4.78, 5) is 11.9. The zero-order chi connectivity index (χ0) is 20.8. The first-order valence-corrected chi connectivity index (χ1v) is 9.29. The highest BCUT2D eigenvalue weighted by molar-refractivity contribution is 6.32. The first kappa shape index (κ1) is 20.5. The lowest BCUT2D eigenvalue weighted by molar-refractivity contribution is -0.123. The number of amides is 1. The number of aromatic nitrogens is 2. The van der Waals surface area contributed by atoms with Crippen molar-refractivity contribution in [3.8, 4) is 5.75 Å². The molecule has 0 fully saturated rings. The fraction of sp³-hybridized carbons (Fsp3) is 0.190. The number of halogens is 2. The number of rotatable bonds is 7. The lowest BCUT2D eigenvalue weighted by atomic mass is 10.2. The smallest absolute Gasteiger partial charge is 0.277 e. The van der Waals surface area contributed by atoms with Crippen molar-refractivity contribution < 1.29 is 13.9 Å². The number of aryl methyl sites for hydroxylation is 2. The van der Waals surface area contributed by atoms with Crippen LogP contribution in [0.2, 0.25) is 5.15 Å². The van der Waals surface area contributed by atoms with E-state index in [-0.39, 0.29) is 12.4 Å². The average molecular weight is 415 g/mol. The molecule has 0 aliphatic heterocycles. The predicted molar refractivity (Wildman–Crippen MR) is 110 cm³/mol. The first-order valence-electron chi connectivity index (χ1n) is 8.91. The van der Waals surface area contributed by atoms with Gasteiger partial charge in [-0.15, -0.1) is 0 Å². The summed E-state index contributed by atoms with van der Waals surface area (Å²) in [6, 6.07) is 13.5. The monoisotopic (exact) mass is 414 g/mol. The minimum atomic E-state index is -0.393. The van der Waals surface area contributed by atoms with Gasteiger partial charge in [-0.25, -0.2) is 14.5 Å². The molecule has 0 saturated heterocycles. The molecule has 8 heteroatoms. The zero-order valence-electron chi connectivity index (χ0n) is 16.0. The Morgan fingerprint density at radius 2 is 2.03 bits per heavy atom. The van der Waals surface area contributed by atoms with Crippen LogP contribution in [-0.2, 0) is 11.3 Å². The van der Waals surface area contributed by atoms with Gasteiger partial charge in [0, 0.05) is 0 Å². The summed E-state index contributed by atoms with van der Waals surface area (Å²) in [5, 5.41) is 8.68. The number of ether oxygens (including phenoxy) is 1. The van der Waals surface area contributed by atoms with Gasteiger partial charge in [-0.1, -0.05) is 35.9 Å². The third-order valence-electron chi connectivity index (χ3n) is 4.10. The van der Waals surface area contributed by atoms with E-state index in [0.29, 0.717) is 28.7 Å². The van der Waals surface area contributed by atoms with Crippen LogP contribution in [0.3, 0.4) is 0 Å². The highest BCUT2D eigenvalue weighted by Gasteiger charge is 2.12. The van der Waals surface area contributed by atoms with E-state index in [4.69, 9.17) is 16.3 Å². The van der Waals surface area contributed by atoms with Gasteiger partial charge in [0.25, 0.3) is 5.91 Å². The van der Waals surface area contributed by atoms with Crippen LogP contribution in [0, 0.1) is 19.7 Å². The molecule has 1 heterocycles. The third-order valence-corrected chi connectivity index (χ3v) is 4.50. The second kappa shape index (κ2) is 9.34. The molecule has 2 aromatic carbocycles. The summed E-state index contributed by atoms with van der Waals surface area (Å²) in [6.45, 7) is 3.97. The first-order chi connectivity index (χ1) is 13.9. The van der Waals surface area contributed by atoms with E-state index >= 15 is 0 Å². The van der Waals surface area contributed by atoms with Gasteiger partial charge in [0.1, 0.15) is 16.7 Å². The molecule has 3 rings (SSSR count). The van der Waals surface area contributed by atoms with Crippen molar-refractivity contribution in [1.82, 2.24) is 15.2 Å². The van der Waals surface area contributed by atoms with Crippen molar-refractivity contribution in [3.63, 3.8) is 0 Å². The van der Waals surface area contributed by atoms with E-state index in [1.54, 1.807) is 29.8 Å². The second-order valence-corrected chi connectivity index (χ2v) is 6.83. The Morgan fingerprint density at radius 1 is 1.28 bits per heavy atom. The van der Waals surface area contributed by atoms with Gasteiger partial charge in [0.2, 0.25) is 0 Å². The lowest BCUT2D eigenvalue weighted by Gasteiger charge is -2.05.